The average molecular weight is 199 g/mol. The Morgan fingerprint density at radius 2 is 2.33 bits per heavy atom. The number of nitrogens with zero attached hydrogens (tertiary/aromatic N) is 2. The molecule has 1 aromatic carbocycles. The molecule has 0 fully saturated rings. The first-order valence-corrected chi connectivity index (χ1v) is 5.15. The number of rotatable bonds is 2. The van der Waals surface area contributed by atoms with Gasteiger partial charge in [-0.3, -0.25) is 0 Å². The molecule has 0 saturated heterocycles. The van der Waals surface area contributed by atoms with Gasteiger partial charge in [0.05, 0.1) is 11.1 Å². The smallest absolute Gasteiger partial charge is 0.110 e. The summed E-state index contributed by atoms with van der Waals surface area (Å²) in [7, 11) is 0. The number of aromatic amines is 1. The molecule has 0 aliphatic rings. The number of fused-ring (bicyclic) bond motifs is 1. The predicted octanol–water partition coefficient (Wildman–Crippen LogP) is 2.95. The van der Waals surface area contributed by atoms with Crippen LogP contribution in [-0.2, 0) is 0 Å². The molecule has 1 heterocycles. The summed E-state index contributed by atoms with van der Waals surface area (Å²) < 4.78 is 0. The SMILES string of the molecule is CCC(C)c1nc2c(C#N)cccc2[nH]1. The van der Waals surface area contributed by atoms with Crippen LogP contribution in [0.15, 0.2) is 18.2 Å². The topological polar surface area (TPSA) is 52.5 Å². The largest absolute Gasteiger partial charge is 0.342 e. The van der Waals surface area contributed by atoms with Gasteiger partial charge in [-0.05, 0) is 18.6 Å². The number of hydrogen-bond donors (Lipinski definition) is 1. The number of nitriles is 1. The van der Waals surface area contributed by atoms with Crippen molar-refractivity contribution in [2.24, 2.45) is 0 Å². The zero-order valence-corrected chi connectivity index (χ0v) is 8.91. The normalized spacial score (nSPS) is 12.6. The molecule has 1 aromatic heterocycles. The maximum absolute atomic E-state index is 8.94. The van der Waals surface area contributed by atoms with Crippen molar-refractivity contribution in [3.05, 3.63) is 29.6 Å². The Labute approximate surface area is 88.8 Å². The lowest BCUT2D eigenvalue weighted by Crippen LogP contribution is -1.93. The van der Waals surface area contributed by atoms with Crippen molar-refractivity contribution in [1.29, 1.82) is 5.26 Å². The van der Waals surface area contributed by atoms with Crippen LogP contribution in [0.4, 0.5) is 0 Å². The Morgan fingerprint density at radius 1 is 1.53 bits per heavy atom. The van der Waals surface area contributed by atoms with Gasteiger partial charge in [0.2, 0.25) is 0 Å². The maximum Gasteiger partial charge on any atom is 0.110 e. The van der Waals surface area contributed by atoms with E-state index in [4.69, 9.17) is 5.26 Å². The molecule has 3 nitrogen and oxygen atoms in total. The fraction of sp³-hybridized carbons (Fsp3) is 0.333. The molecule has 2 aromatic rings. The minimum Gasteiger partial charge on any atom is -0.342 e. The number of imidazole rings is 1. The van der Waals surface area contributed by atoms with Gasteiger partial charge in [0, 0.05) is 5.92 Å². The summed E-state index contributed by atoms with van der Waals surface area (Å²) in [6, 6.07) is 7.78. The van der Waals surface area contributed by atoms with E-state index >= 15 is 0 Å². The van der Waals surface area contributed by atoms with Crippen LogP contribution in [-0.4, -0.2) is 9.97 Å². The maximum atomic E-state index is 8.94. The third-order valence-electron chi connectivity index (χ3n) is 2.73. The van der Waals surface area contributed by atoms with Gasteiger partial charge < -0.3 is 4.98 Å². The van der Waals surface area contributed by atoms with E-state index in [0.29, 0.717) is 11.5 Å². The van der Waals surface area contributed by atoms with Crippen molar-refractivity contribution in [1.82, 2.24) is 9.97 Å². The van der Waals surface area contributed by atoms with Crippen LogP contribution in [0, 0.1) is 11.3 Å². The molecule has 0 spiro atoms. The average Bonchev–Trinajstić information content (AvgIpc) is 2.71. The molecule has 1 N–H and O–H groups in total. The molecule has 76 valence electrons. The van der Waals surface area contributed by atoms with Gasteiger partial charge in [0.15, 0.2) is 0 Å². The molecule has 0 amide bonds. The number of benzene rings is 1. The zero-order chi connectivity index (χ0) is 10.8. The highest BCUT2D eigenvalue weighted by Crippen LogP contribution is 2.21. The lowest BCUT2D eigenvalue weighted by Gasteiger charge is -2.01. The summed E-state index contributed by atoms with van der Waals surface area (Å²) in [5.41, 5.74) is 2.37. The van der Waals surface area contributed by atoms with E-state index in [1.54, 1.807) is 6.07 Å². The van der Waals surface area contributed by atoms with Crippen molar-refractivity contribution in [3.63, 3.8) is 0 Å². The van der Waals surface area contributed by atoms with E-state index in [1.807, 2.05) is 12.1 Å². The monoisotopic (exact) mass is 199 g/mol. The first-order chi connectivity index (χ1) is 7.26. The molecule has 0 radical (unpaired) electrons. The number of aromatic nitrogens is 2. The lowest BCUT2D eigenvalue weighted by molar-refractivity contribution is 0.692. The quantitative estimate of drug-likeness (QED) is 0.808. The van der Waals surface area contributed by atoms with Crippen LogP contribution in [0.1, 0.15) is 37.6 Å². The van der Waals surface area contributed by atoms with Crippen LogP contribution < -0.4 is 0 Å². The van der Waals surface area contributed by atoms with E-state index in [0.717, 1.165) is 23.3 Å². The Kier molecular flexibility index (Phi) is 2.42. The van der Waals surface area contributed by atoms with Crippen LogP contribution in [0.5, 0.6) is 0 Å². The summed E-state index contributed by atoms with van der Waals surface area (Å²) in [5.74, 6) is 1.37. The summed E-state index contributed by atoms with van der Waals surface area (Å²) in [5, 5.41) is 8.94. The Morgan fingerprint density at radius 3 is 3.00 bits per heavy atom. The van der Waals surface area contributed by atoms with Crippen LogP contribution in [0.25, 0.3) is 11.0 Å². The van der Waals surface area contributed by atoms with Gasteiger partial charge in [-0.1, -0.05) is 19.9 Å². The molecule has 0 saturated carbocycles. The van der Waals surface area contributed by atoms with Crippen molar-refractivity contribution in [2.75, 3.05) is 0 Å². The number of para-hydroxylation sites is 1. The van der Waals surface area contributed by atoms with Crippen LogP contribution in [0.3, 0.4) is 0 Å². The van der Waals surface area contributed by atoms with Crippen LogP contribution >= 0.6 is 0 Å². The summed E-state index contributed by atoms with van der Waals surface area (Å²) in [6.45, 7) is 4.26. The molecule has 0 aliphatic carbocycles. The van der Waals surface area contributed by atoms with Gasteiger partial charge in [-0.2, -0.15) is 5.26 Å². The van der Waals surface area contributed by atoms with E-state index in [9.17, 15) is 0 Å². The number of nitrogens with one attached hydrogen (secondary N) is 1. The molecule has 2 rings (SSSR count). The zero-order valence-electron chi connectivity index (χ0n) is 8.91. The second-order valence-electron chi connectivity index (χ2n) is 3.74. The Hall–Kier alpha value is -1.82. The van der Waals surface area contributed by atoms with Crippen molar-refractivity contribution in [3.8, 4) is 6.07 Å². The first-order valence-electron chi connectivity index (χ1n) is 5.15. The van der Waals surface area contributed by atoms with Gasteiger partial charge >= 0.3 is 0 Å². The van der Waals surface area contributed by atoms with Gasteiger partial charge in [0.25, 0.3) is 0 Å². The minimum absolute atomic E-state index is 0.406. The second-order valence-corrected chi connectivity index (χ2v) is 3.74. The highest BCUT2D eigenvalue weighted by molar-refractivity contribution is 5.81. The summed E-state index contributed by atoms with van der Waals surface area (Å²) in [6.07, 6.45) is 1.04. The van der Waals surface area contributed by atoms with Gasteiger partial charge in [0.1, 0.15) is 17.4 Å². The molecule has 3 heteroatoms. The minimum atomic E-state index is 0.406. The lowest BCUT2D eigenvalue weighted by atomic mass is 10.1. The molecule has 15 heavy (non-hydrogen) atoms. The second kappa shape index (κ2) is 3.74. The van der Waals surface area contributed by atoms with Crippen LogP contribution in [0.2, 0.25) is 0 Å². The predicted molar refractivity (Wildman–Crippen MR) is 59.5 cm³/mol. The molecule has 1 atom stereocenters. The molecule has 1 unspecified atom stereocenters. The van der Waals surface area contributed by atoms with E-state index in [-0.39, 0.29) is 0 Å². The standard InChI is InChI=1S/C12H13N3/c1-3-8(2)12-14-10-6-4-5-9(7-13)11(10)15-12/h4-6,8H,3H2,1-2H3,(H,14,15). The fourth-order valence-corrected chi connectivity index (χ4v) is 1.57. The third kappa shape index (κ3) is 1.59. The third-order valence-corrected chi connectivity index (χ3v) is 2.73. The van der Waals surface area contributed by atoms with Gasteiger partial charge in [-0.25, -0.2) is 4.98 Å². The van der Waals surface area contributed by atoms with Gasteiger partial charge in [-0.15, -0.1) is 0 Å². The number of hydrogen-bond acceptors (Lipinski definition) is 2. The fourth-order valence-electron chi connectivity index (χ4n) is 1.57. The van der Waals surface area contributed by atoms with Crippen molar-refractivity contribution < 1.29 is 0 Å². The number of H-pyrrole nitrogens is 1. The highest BCUT2D eigenvalue weighted by Gasteiger charge is 2.10. The molecule has 0 bridgehead atoms. The molecular formula is C12H13N3. The first kappa shape index (κ1) is 9.72. The summed E-state index contributed by atoms with van der Waals surface area (Å²) >= 11 is 0. The highest BCUT2D eigenvalue weighted by atomic mass is 14.9. The van der Waals surface area contributed by atoms with E-state index in [1.165, 1.54) is 0 Å². The molecule has 0 aliphatic heterocycles. The molecular weight excluding hydrogens is 186 g/mol. The van der Waals surface area contributed by atoms with Crippen molar-refractivity contribution in [2.45, 2.75) is 26.2 Å². The Bertz CT molecular complexity index is 519. The van der Waals surface area contributed by atoms with E-state index < -0.39 is 0 Å². The van der Waals surface area contributed by atoms with E-state index in [2.05, 4.69) is 29.9 Å². The summed E-state index contributed by atoms with van der Waals surface area (Å²) in [4.78, 5) is 7.73. The Balaban J connectivity index is 2.61. The van der Waals surface area contributed by atoms with Crippen molar-refractivity contribution >= 4 is 11.0 Å².